The molecule has 0 saturated carbocycles. The van der Waals surface area contributed by atoms with Crippen LogP contribution in [0.5, 0.6) is 11.5 Å². The van der Waals surface area contributed by atoms with E-state index in [4.69, 9.17) is 9.47 Å². The summed E-state index contributed by atoms with van der Waals surface area (Å²) in [6.45, 7) is 1.26. The highest BCUT2D eigenvalue weighted by Crippen LogP contribution is 2.37. The number of Topliss-reactive ketones (excluding diaryl/α,β-unsaturated/α-hetero) is 1. The highest BCUT2D eigenvalue weighted by atomic mass is 19.1. The molecule has 0 atom stereocenters. The van der Waals surface area contributed by atoms with Crippen molar-refractivity contribution in [3.8, 4) is 11.5 Å². The second-order valence-electron chi connectivity index (χ2n) is 6.59. The van der Waals surface area contributed by atoms with Gasteiger partial charge in [0.1, 0.15) is 5.82 Å². The molecular formula is C20H20FN3O5. The van der Waals surface area contributed by atoms with E-state index in [1.165, 1.54) is 42.2 Å². The Morgan fingerprint density at radius 2 is 1.69 bits per heavy atom. The zero-order chi connectivity index (χ0) is 21.0. The summed E-state index contributed by atoms with van der Waals surface area (Å²) >= 11 is 0. The van der Waals surface area contributed by atoms with Crippen molar-refractivity contribution < 1.29 is 28.2 Å². The van der Waals surface area contributed by atoms with Gasteiger partial charge in [-0.15, -0.1) is 0 Å². The highest BCUT2D eigenvalue weighted by Gasteiger charge is 2.21. The molecule has 0 fully saturated rings. The molecule has 3 rings (SSSR count). The topological polar surface area (TPSA) is 97.0 Å². The minimum atomic E-state index is -0.458. The molecule has 1 aliphatic heterocycles. The van der Waals surface area contributed by atoms with Crippen LogP contribution in [-0.2, 0) is 9.59 Å². The van der Waals surface area contributed by atoms with Gasteiger partial charge >= 0.3 is 0 Å². The third-order valence-corrected chi connectivity index (χ3v) is 4.10. The Balaban J connectivity index is 1.58. The Morgan fingerprint density at radius 1 is 1.03 bits per heavy atom. The van der Waals surface area contributed by atoms with E-state index in [0.717, 1.165) is 0 Å². The van der Waals surface area contributed by atoms with Gasteiger partial charge in [0, 0.05) is 17.3 Å². The lowest BCUT2D eigenvalue weighted by Gasteiger charge is -2.17. The number of halogens is 1. The van der Waals surface area contributed by atoms with Gasteiger partial charge in [-0.25, -0.2) is 4.39 Å². The van der Waals surface area contributed by atoms with Gasteiger partial charge in [-0.2, -0.15) is 0 Å². The van der Waals surface area contributed by atoms with E-state index in [1.54, 1.807) is 13.1 Å². The molecule has 0 saturated heterocycles. The highest BCUT2D eigenvalue weighted by molar-refractivity contribution is 6.05. The van der Waals surface area contributed by atoms with E-state index in [2.05, 4.69) is 10.6 Å². The quantitative estimate of drug-likeness (QED) is 0.691. The molecule has 2 amide bonds. The van der Waals surface area contributed by atoms with Crippen molar-refractivity contribution in [1.82, 2.24) is 4.90 Å². The Morgan fingerprint density at radius 3 is 2.34 bits per heavy atom. The molecule has 0 spiro atoms. The molecule has 2 N–H and O–H groups in total. The van der Waals surface area contributed by atoms with Crippen molar-refractivity contribution in [2.24, 2.45) is 0 Å². The van der Waals surface area contributed by atoms with Crippen LogP contribution in [0.2, 0.25) is 0 Å². The summed E-state index contributed by atoms with van der Waals surface area (Å²) in [4.78, 5) is 37.8. The second kappa shape index (κ2) is 8.70. The first-order valence-electron chi connectivity index (χ1n) is 8.80. The van der Waals surface area contributed by atoms with Crippen LogP contribution in [0, 0.1) is 5.82 Å². The van der Waals surface area contributed by atoms with E-state index in [-0.39, 0.29) is 25.7 Å². The van der Waals surface area contributed by atoms with Crippen LogP contribution in [0.25, 0.3) is 0 Å². The summed E-state index contributed by atoms with van der Waals surface area (Å²) in [6, 6.07) is 8.59. The van der Waals surface area contributed by atoms with Crippen LogP contribution in [0.15, 0.2) is 36.4 Å². The molecule has 0 unspecified atom stereocenters. The first-order chi connectivity index (χ1) is 13.8. The van der Waals surface area contributed by atoms with E-state index in [9.17, 15) is 18.8 Å². The molecule has 9 heteroatoms. The van der Waals surface area contributed by atoms with Crippen LogP contribution >= 0.6 is 0 Å². The predicted molar refractivity (Wildman–Crippen MR) is 104 cm³/mol. The largest absolute Gasteiger partial charge is 0.454 e. The van der Waals surface area contributed by atoms with Crippen molar-refractivity contribution in [2.45, 2.75) is 6.92 Å². The van der Waals surface area contributed by atoms with E-state index >= 15 is 0 Å². The minimum Gasteiger partial charge on any atom is -0.454 e. The van der Waals surface area contributed by atoms with Gasteiger partial charge in [-0.05, 0) is 38.2 Å². The van der Waals surface area contributed by atoms with Gasteiger partial charge in [0.05, 0.1) is 18.8 Å². The summed E-state index contributed by atoms with van der Waals surface area (Å²) in [7, 11) is 1.59. The maximum Gasteiger partial charge on any atom is 0.238 e. The van der Waals surface area contributed by atoms with Crippen molar-refractivity contribution in [3.05, 3.63) is 47.8 Å². The van der Waals surface area contributed by atoms with Gasteiger partial charge in [0.15, 0.2) is 17.3 Å². The normalized spacial score (nSPS) is 12.0. The Kier molecular flexibility index (Phi) is 6.08. The molecule has 0 radical (unpaired) electrons. The number of benzene rings is 2. The molecule has 1 aliphatic rings. The first kappa shape index (κ1) is 20.3. The summed E-state index contributed by atoms with van der Waals surface area (Å²) < 4.78 is 23.7. The van der Waals surface area contributed by atoms with Crippen LogP contribution in [0.3, 0.4) is 0 Å². The molecule has 8 nitrogen and oxygen atoms in total. The molecule has 0 aromatic heterocycles. The van der Waals surface area contributed by atoms with Gasteiger partial charge in [-0.3, -0.25) is 19.3 Å². The molecule has 2 aromatic carbocycles. The fraction of sp³-hybridized carbons (Fsp3) is 0.250. The monoisotopic (exact) mass is 401 g/mol. The van der Waals surface area contributed by atoms with Crippen LogP contribution in [0.1, 0.15) is 17.3 Å². The summed E-state index contributed by atoms with van der Waals surface area (Å²) in [5.74, 6) is -0.611. The number of anilines is 2. The Hall–Kier alpha value is -3.46. The third kappa shape index (κ3) is 5.29. The lowest BCUT2D eigenvalue weighted by Crippen LogP contribution is -2.36. The standard InChI is InChI=1S/C20H20FN3O5/c1-12(25)15-7-17-18(29-11-28-17)8-16(15)23-20(27)10-24(2)9-19(26)22-14-5-3-4-13(21)6-14/h3-8H,9-11H2,1-2H3,(H,22,26)(H,23,27). The number of rotatable bonds is 7. The predicted octanol–water partition coefficient (Wildman–Crippen LogP) is 2.27. The SMILES string of the molecule is CC(=O)c1cc2c(cc1NC(=O)CN(C)CC(=O)Nc1cccc(F)c1)OCO2. The third-order valence-electron chi connectivity index (χ3n) is 4.10. The number of ketones is 1. The molecule has 29 heavy (non-hydrogen) atoms. The van der Waals surface area contributed by atoms with Crippen molar-refractivity contribution in [2.75, 3.05) is 37.6 Å². The lowest BCUT2D eigenvalue weighted by atomic mass is 10.1. The summed E-state index contributed by atoms with van der Waals surface area (Å²) in [5, 5.41) is 5.23. The van der Waals surface area contributed by atoms with Crippen molar-refractivity contribution >= 4 is 29.0 Å². The lowest BCUT2D eigenvalue weighted by molar-refractivity contribution is -0.119. The Bertz CT molecular complexity index is 963. The fourth-order valence-electron chi connectivity index (χ4n) is 2.84. The minimum absolute atomic E-state index is 0.0489. The number of amides is 2. The molecule has 1 heterocycles. The zero-order valence-corrected chi connectivity index (χ0v) is 16.0. The van der Waals surface area contributed by atoms with E-state index in [0.29, 0.717) is 28.4 Å². The van der Waals surface area contributed by atoms with Gasteiger partial charge in [0.2, 0.25) is 18.6 Å². The molecular weight excluding hydrogens is 381 g/mol. The first-order valence-corrected chi connectivity index (χ1v) is 8.80. The van der Waals surface area contributed by atoms with Gasteiger partial charge in [-0.1, -0.05) is 6.07 Å². The number of nitrogens with zero attached hydrogens (tertiary/aromatic N) is 1. The van der Waals surface area contributed by atoms with Crippen LogP contribution in [0.4, 0.5) is 15.8 Å². The van der Waals surface area contributed by atoms with E-state index in [1.807, 2.05) is 0 Å². The van der Waals surface area contributed by atoms with Crippen molar-refractivity contribution in [1.29, 1.82) is 0 Å². The summed E-state index contributed by atoms with van der Waals surface area (Å²) in [6.07, 6.45) is 0. The van der Waals surface area contributed by atoms with Gasteiger partial charge in [0.25, 0.3) is 0 Å². The average molecular weight is 401 g/mol. The molecule has 152 valence electrons. The summed E-state index contributed by atoms with van der Waals surface area (Å²) in [5.41, 5.74) is 0.942. The number of fused-ring (bicyclic) bond motifs is 1. The smallest absolute Gasteiger partial charge is 0.238 e. The molecule has 2 aromatic rings. The zero-order valence-electron chi connectivity index (χ0n) is 16.0. The van der Waals surface area contributed by atoms with Crippen LogP contribution in [-0.4, -0.2) is 49.4 Å². The van der Waals surface area contributed by atoms with Gasteiger partial charge < -0.3 is 20.1 Å². The number of likely N-dealkylation sites (N-methyl/N-ethyl adjacent to an activating group) is 1. The maximum atomic E-state index is 13.2. The average Bonchev–Trinajstić information content (AvgIpc) is 3.07. The number of carbonyl (C=O) groups is 3. The number of carbonyl (C=O) groups excluding carboxylic acids is 3. The fourth-order valence-corrected chi connectivity index (χ4v) is 2.84. The number of ether oxygens (including phenoxy) is 2. The van der Waals surface area contributed by atoms with E-state index < -0.39 is 17.6 Å². The number of nitrogens with one attached hydrogen (secondary N) is 2. The van der Waals surface area contributed by atoms with Crippen molar-refractivity contribution in [3.63, 3.8) is 0 Å². The maximum absolute atomic E-state index is 13.2. The Labute approximate surface area is 166 Å². The van der Waals surface area contributed by atoms with Crippen LogP contribution < -0.4 is 20.1 Å². The number of hydrogen-bond acceptors (Lipinski definition) is 6. The molecule has 0 bridgehead atoms. The molecule has 0 aliphatic carbocycles. The second-order valence-corrected chi connectivity index (χ2v) is 6.59. The number of hydrogen-bond donors (Lipinski definition) is 2.